The Kier molecular flexibility index (Phi) is 3.56. The summed E-state index contributed by atoms with van der Waals surface area (Å²) in [4.78, 5) is 20.0. The number of carbonyl (C=O) groups excluding carboxylic acids is 1. The lowest BCUT2D eigenvalue weighted by Crippen LogP contribution is -1.99. The molecule has 118 valence electrons. The summed E-state index contributed by atoms with van der Waals surface area (Å²) in [5, 5.41) is 9.15. The molecule has 0 atom stereocenters. The molecular formula is C20H12N4O. The van der Waals surface area contributed by atoms with Crippen LogP contribution in [0.5, 0.6) is 0 Å². The quantitative estimate of drug-likeness (QED) is 0.538. The number of hydrogen-bond acceptors (Lipinski definition) is 4. The molecular weight excluding hydrogens is 312 g/mol. The smallest absolute Gasteiger partial charge is 0.164 e. The number of para-hydroxylation sites is 2. The van der Waals surface area contributed by atoms with Gasteiger partial charge in [0.25, 0.3) is 0 Å². The van der Waals surface area contributed by atoms with Crippen molar-refractivity contribution in [1.29, 1.82) is 5.26 Å². The van der Waals surface area contributed by atoms with Crippen LogP contribution in [-0.2, 0) is 0 Å². The number of hydrogen-bond donors (Lipinski definition) is 0. The highest BCUT2D eigenvalue weighted by Crippen LogP contribution is 2.27. The first-order chi connectivity index (χ1) is 12.3. The first-order valence-corrected chi connectivity index (χ1v) is 7.70. The molecule has 0 aliphatic carbocycles. The largest absolute Gasteiger partial charge is 0.298 e. The van der Waals surface area contributed by atoms with E-state index >= 15 is 0 Å². The number of rotatable bonds is 3. The molecule has 0 bridgehead atoms. The highest BCUT2D eigenvalue weighted by molar-refractivity contribution is 5.83. The number of nitriles is 1. The number of carbonyl (C=O) groups is 1. The van der Waals surface area contributed by atoms with Gasteiger partial charge < -0.3 is 0 Å². The summed E-state index contributed by atoms with van der Waals surface area (Å²) in [5.74, 6) is 0.650. The molecule has 0 saturated carbocycles. The van der Waals surface area contributed by atoms with Crippen molar-refractivity contribution >= 4 is 17.3 Å². The highest BCUT2D eigenvalue weighted by Gasteiger charge is 2.15. The summed E-state index contributed by atoms with van der Waals surface area (Å²) in [7, 11) is 0. The number of fused-ring (bicyclic) bond motifs is 1. The van der Waals surface area contributed by atoms with Crippen molar-refractivity contribution in [2.24, 2.45) is 0 Å². The lowest BCUT2D eigenvalue weighted by molar-refractivity contribution is 0.112. The van der Waals surface area contributed by atoms with E-state index in [0.717, 1.165) is 23.0 Å². The Morgan fingerprint density at radius 2 is 1.84 bits per heavy atom. The van der Waals surface area contributed by atoms with Gasteiger partial charge in [0.15, 0.2) is 5.82 Å². The Morgan fingerprint density at radius 1 is 1.04 bits per heavy atom. The molecule has 2 aromatic heterocycles. The van der Waals surface area contributed by atoms with Gasteiger partial charge in [0.2, 0.25) is 0 Å². The molecule has 0 spiro atoms. The van der Waals surface area contributed by atoms with E-state index in [9.17, 15) is 4.79 Å². The fourth-order valence-corrected chi connectivity index (χ4v) is 2.78. The molecule has 0 saturated heterocycles. The molecule has 0 aliphatic rings. The molecule has 5 heteroatoms. The van der Waals surface area contributed by atoms with Gasteiger partial charge in [0.1, 0.15) is 12.0 Å². The van der Waals surface area contributed by atoms with Gasteiger partial charge in [-0.3, -0.25) is 14.3 Å². The minimum Gasteiger partial charge on any atom is -0.298 e. The van der Waals surface area contributed by atoms with Crippen LogP contribution in [0.15, 0.2) is 66.9 Å². The van der Waals surface area contributed by atoms with E-state index in [-0.39, 0.29) is 0 Å². The summed E-state index contributed by atoms with van der Waals surface area (Å²) in [6, 6.07) is 20.6. The van der Waals surface area contributed by atoms with E-state index in [0.29, 0.717) is 22.6 Å². The van der Waals surface area contributed by atoms with Crippen molar-refractivity contribution in [3.05, 3.63) is 78.0 Å². The van der Waals surface area contributed by atoms with Crippen LogP contribution in [0.2, 0.25) is 0 Å². The third-order valence-corrected chi connectivity index (χ3v) is 3.97. The summed E-state index contributed by atoms with van der Waals surface area (Å²) < 4.78 is 1.98. The Balaban J connectivity index is 2.00. The fourth-order valence-electron chi connectivity index (χ4n) is 2.78. The van der Waals surface area contributed by atoms with Crippen LogP contribution in [0.25, 0.3) is 28.2 Å². The maximum absolute atomic E-state index is 10.9. The second-order valence-corrected chi connectivity index (χ2v) is 5.51. The Labute approximate surface area is 143 Å². The van der Waals surface area contributed by atoms with Gasteiger partial charge >= 0.3 is 0 Å². The van der Waals surface area contributed by atoms with E-state index in [1.165, 1.54) is 0 Å². The van der Waals surface area contributed by atoms with Gasteiger partial charge in [-0.15, -0.1) is 0 Å². The maximum atomic E-state index is 10.9. The molecule has 5 nitrogen and oxygen atoms in total. The molecule has 4 rings (SSSR count). The molecule has 0 amide bonds. The number of nitrogens with zero attached hydrogens (tertiary/aromatic N) is 4. The molecule has 0 N–H and O–H groups in total. The monoisotopic (exact) mass is 324 g/mol. The third-order valence-electron chi connectivity index (χ3n) is 3.97. The molecule has 0 radical (unpaired) electrons. The normalized spacial score (nSPS) is 10.5. The molecule has 2 aromatic carbocycles. The predicted octanol–water partition coefficient (Wildman–Crippen LogP) is 3.77. The Morgan fingerprint density at radius 3 is 2.60 bits per heavy atom. The van der Waals surface area contributed by atoms with Crippen LogP contribution >= 0.6 is 0 Å². The molecule has 4 aromatic rings. The number of benzene rings is 2. The van der Waals surface area contributed by atoms with Gasteiger partial charge in [0.05, 0.1) is 22.7 Å². The zero-order chi connectivity index (χ0) is 17.2. The number of aromatic nitrogens is 3. The number of imidazole rings is 1. The van der Waals surface area contributed by atoms with Crippen LogP contribution in [0.1, 0.15) is 15.9 Å². The van der Waals surface area contributed by atoms with Crippen molar-refractivity contribution in [2.45, 2.75) is 0 Å². The summed E-state index contributed by atoms with van der Waals surface area (Å²) >= 11 is 0. The summed E-state index contributed by atoms with van der Waals surface area (Å²) in [5.41, 5.74) is 4.40. The number of pyridine rings is 1. The van der Waals surface area contributed by atoms with E-state index in [4.69, 9.17) is 10.2 Å². The Hall–Kier alpha value is -3.78. The van der Waals surface area contributed by atoms with Gasteiger partial charge in [-0.2, -0.15) is 5.26 Å². The molecule has 0 aliphatic heterocycles. The van der Waals surface area contributed by atoms with Crippen LogP contribution in [0.3, 0.4) is 0 Å². The van der Waals surface area contributed by atoms with Crippen LogP contribution in [-0.4, -0.2) is 20.8 Å². The first-order valence-electron chi connectivity index (χ1n) is 7.70. The zero-order valence-electron chi connectivity index (χ0n) is 13.1. The fraction of sp³-hybridized carbons (Fsp3) is 0. The van der Waals surface area contributed by atoms with Crippen LogP contribution < -0.4 is 0 Å². The average molecular weight is 324 g/mol. The molecule has 25 heavy (non-hydrogen) atoms. The second-order valence-electron chi connectivity index (χ2n) is 5.51. The van der Waals surface area contributed by atoms with Gasteiger partial charge in [-0.05, 0) is 48.5 Å². The Bertz CT molecular complexity index is 1120. The SMILES string of the molecule is N#Cc1ccnc(-c2nc3ccccc3n2-c2ccc(C=O)cc2)c1. The summed E-state index contributed by atoms with van der Waals surface area (Å²) in [6.07, 6.45) is 2.42. The van der Waals surface area contributed by atoms with Crippen molar-refractivity contribution in [1.82, 2.24) is 14.5 Å². The molecule has 0 fully saturated rings. The topological polar surface area (TPSA) is 71.6 Å². The zero-order valence-corrected chi connectivity index (χ0v) is 13.1. The summed E-state index contributed by atoms with van der Waals surface area (Å²) in [6.45, 7) is 0. The van der Waals surface area contributed by atoms with Crippen LogP contribution in [0.4, 0.5) is 0 Å². The van der Waals surface area contributed by atoms with Crippen molar-refractivity contribution in [3.8, 4) is 23.3 Å². The minimum atomic E-state index is 0.528. The first kappa shape index (κ1) is 14.8. The van der Waals surface area contributed by atoms with E-state index in [1.54, 1.807) is 30.5 Å². The highest BCUT2D eigenvalue weighted by atomic mass is 16.1. The predicted molar refractivity (Wildman–Crippen MR) is 94.4 cm³/mol. The van der Waals surface area contributed by atoms with Crippen LogP contribution in [0, 0.1) is 11.3 Å². The number of aldehydes is 1. The lowest BCUT2D eigenvalue weighted by atomic mass is 10.2. The van der Waals surface area contributed by atoms with Crippen molar-refractivity contribution < 1.29 is 4.79 Å². The van der Waals surface area contributed by atoms with Crippen molar-refractivity contribution in [2.75, 3.05) is 0 Å². The minimum absolute atomic E-state index is 0.528. The van der Waals surface area contributed by atoms with E-state index in [1.807, 2.05) is 41.0 Å². The molecule has 0 unspecified atom stereocenters. The van der Waals surface area contributed by atoms with Gasteiger partial charge in [0, 0.05) is 17.4 Å². The average Bonchev–Trinajstić information content (AvgIpc) is 3.07. The maximum Gasteiger partial charge on any atom is 0.164 e. The third kappa shape index (κ3) is 2.56. The van der Waals surface area contributed by atoms with E-state index in [2.05, 4.69) is 11.1 Å². The van der Waals surface area contributed by atoms with E-state index < -0.39 is 0 Å². The standard InChI is InChI=1S/C20H12N4O/c21-12-15-9-10-22-18(11-15)20-23-17-3-1-2-4-19(17)24(20)16-7-5-14(13-25)6-8-16/h1-11,13H. The van der Waals surface area contributed by atoms with Gasteiger partial charge in [-0.1, -0.05) is 12.1 Å². The second kappa shape index (κ2) is 6.02. The van der Waals surface area contributed by atoms with Crippen molar-refractivity contribution in [3.63, 3.8) is 0 Å². The lowest BCUT2D eigenvalue weighted by Gasteiger charge is -2.09. The molecule has 2 heterocycles. The van der Waals surface area contributed by atoms with Gasteiger partial charge in [-0.25, -0.2) is 4.98 Å².